The van der Waals surface area contributed by atoms with Gasteiger partial charge in [-0.1, -0.05) is 0 Å². The molecule has 0 fully saturated rings. The summed E-state index contributed by atoms with van der Waals surface area (Å²) in [5, 5.41) is 17.6. The van der Waals surface area contributed by atoms with Crippen LogP contribution in [0.15, 0.2) is 46.8 Å². The molecule has 114 valence electrons. The number of nitro benzene ring substituents is 1. The molecule has 0 radical (unpaired) electrons. The van der Waals surface area contributed by atoms with Crippen LogP contribution >= 0.6 is 0 Å². The number of non-ortho nitro benzene ring substituents is 1. The van der Waals surface area contributed by atoms with Crippen LogP contribution in [0.2, 0.25) is 0 Å². The van der Waals surface area contributed by atoms with Crippen LogP contribution in [0.5, 0.6) is 5.75 Å². The number of alkyl halides is 2. The van der Waals surface area contributed by atoms with Crippen LogP contribution in [0.1, 0.15) is 0 Å². The third-order valence-electron chi connectivity index (χ3n) is 2.34. The zero-order valence-electron chi connectivity index (χ0n) is 10.7. The monoisotopic (exact) mass is 312 g/mol. The Hall–Kier alpha value is -3.04. The molecule has 0 spiro atoms. The second kappa shape index (κ2) is 6.61. The van der Waals surface area contributed by atoms with Gasteiger partial charge in [-0.25, -0.2) is 9.37 Å². The van der Waals surface area contributed by atoms with E-state index in [4.69, 9.17) is 0 Å². The number of benzene rings is 1. The highest BCUT2D eigenvalue weighted by Gasteiger charge is 2.09. The third kappa shape index (κ3) is 3.98. The lowest BCUT2D eigenvalue weighted by atomic mass is 10.3. The van der Waals surface area contributed by atoms with Gasteiger partial charge in [0.1, 0.15) is 5.75 Å². The molecule has 0 atom stereocenters. The summed E-state index contributed by atoms with van der Waals surface area (Å²) < 4.78 is 41.4. The maximum absolute atomic E-state index is 13.5. The maximum Gasteiger partial charge on any atom is 0.387 e. The van der Waals surface area contributed by atoms with Crippen molar-refractivity contribution in [3.63, 3.8) is 0 Å². The van der Waals surface area contributed by atoms with Crippen LogP contribution in [0.3, 0.4) is 0 Å². The van der Waals surface area contributed by atoms with E-state index in [1.165, 1.54) is 24.3 Å². The zero-order chi connectivity index (χ0) is 16.1. The molecular weight excluding hydrogens is 305 g/mol. The van der Waals surface area contributed by atoms with Gasteiger partial charge in [-0.05, 0) is 12.1 Å². The Labute approximate surface area is 121 Å². The molecule has 1 aromatic carbocycles. The Balaban J connectivity index is 2.14. The van der Waals surface area contributed by atoms with Crippen LogP contribution in [0.25, 0.3) is 0 Å². The van der Waals surface area contributed by atoms with Crippen molar-refractivity contribution < 1.29 is 22.8 Å². The number of nitro groups is 1. The molecule has 0 saturated heterocycles. The van der Waals surface area contributed by atoms with Crippen LogP contribution in [0, 0.1) is 15.9 Å². The predicted molar refractivity (Wildman–Crippen MR) is 68.1 cm³/mol. The molecule has 2 aromatic rings. The zero-order valence-corrected chi connectivity index (χ0v) is 10.7. The Morgan fingerprint density at radius 2 is 1.91 bits per heavy atom. The topological polar surface area (TPSA) is 90.0 Å². The molecule has 7 nitrogen and oxygen atoms in total. The standard InChI is InChI=1S/C12H7F3N4O3/c13-10-5-9(22-12(14)15)6-16-11(10)18-17-7-1-3-8(4-2-7)19(20)21/h1-6,12H. The third-order valence-corrected chi connectivity index (χ3v) is 2.34. The van der Waals surface area contributed by atoms with Gasteiger partial charge in [0.2, 0.25) is 5.82 Å². The molecule has 0 saturated carbocycles. The molecule has 1 aromatic heterocycles. The number of ether oxygens (including phenoxy) is 1. The lowest BCUT2D eigenvalue weighted by molar-refractivity contribution is -0.384. The molecule has 0 bridgehead atoms. The van der Waals surface area contributed by atoms with Crippen LogP contribution in [-0.4, -0.2) is 16.5 Å². The van der Waals surface area contributed by atoms with Gasteiger partial charge >= 0.3 is 6.61 Å². The average Bonchev–Trinajstić information content (AvgIpc) is 2.46. The van der Waals surface area contributed by atoms with Crippen molar-refractivity contribution in [3.05, 3.63) is 52.5 Å². The molecule has 2 rings (SSSR count). The van der Waals surface area contributed by atoms with Gasteiger partial charge in [-0.15, -0.1) is 10.2 Å². The molecule has 22 heavy (non-hydrogen) atoms. The van der Waals surface area contributed by atoms with E-state index in [0.29, 0.717) is 6.07 Å². The summed E-state index contributed by atoms with van der Waals surface area (Å²) in [6.07, 6.45) is 0.874. The summed E-state index contributed by atoms with van der Waals surface area (Å²) in [6, 6.07) is 5.74. The van der Waals surface area contributed by atoms with E-state index < -0.39 is 28.9 Å². The van der Waals surface area contributed by atoms with Crippen molar-refractivity contribution in [1.82, 2.24) is 4.98 Å². The van der Waals surface area contributed by atoms with E-state index in [1.54, 1.807) is 0 Å². The predicted octanol–water partition coefficient (Wildman–Crippen LogP) is 4.15. The van der Waals surface area contributed by atoms with Gasteiger partial charge in [0, 0.05) is 18.2 Å². The fourth-order valence-electron chi connectivity index (χ4n) is 1.40. The SMILES string of the molecule is O=[N+]([O-])c1ccc(N=Nc2ncc(OC(F)F)cc2F)cc1. The Bertz CT molecular complexity index is 707. The first-order valence-corrected chi connectivity index (χ1v) is 5.72. The number of nitrogens with zero attached hydrogens (tertiary/aromatic N) is 4. The van der Waals surface area contributed by atoms with Crippen molar-refractivity contribution >= 4 is 17.2 Å². The van der Waals surface area contributed by atoms with Gasteiger partial charge < -0.3 is 4.74 Å². The molecule has 10 heteroatoms. The van der Waals surface area contributed by atoms with Crippen LogP contribution in [0.4, 0.5) is 30.4 Å². The van der Waals surface area contributed by atoms with Gasteiger partial charge in [0.15, 0.2) is 5.82 Å². The summed E-state index contributed by atoms with van der Waals surface area (Å²) >= 11 is 0. The fourth-order valence-corrected chi connectivity index (χ4v) is 1.40. The van der Waals surface area contributed by atoms with Crippen molar-refractivity contribution in [3.8, 4) is 5.75 Å². The fraction of sp³-hybridized carbons (Fsp3) is 0.0833. The minimum absolute atomic E-state index is 0.128. The lowest BCUT2D eigenvalue weighted by Gasteiger charge is -2.03. The number of rotatable bonds is 5. The van der Waals surface area contributed by atoms with E-state index in [2.05, 4.69) is 19.9 Å². The number of halogens is 3. The van der Waals surface area contributed by atoms with E-state index in [9.17, 15) is 23.3 Å². The summed E-state index contributed by atoms with van der Waals surface area (Å²) in [4.78, 5) is 13.4. The summed E-state index contributed by atoms with van der Waals surface area (Å²) in [5.74, 6) is -1.87. The first-order chi connectivity index (χ1) is 10.5. The van der Waals surface area contributed by atoms with Crippen molar-refractivity contribution in [2.45, 2.75) is 6.61 Å². The maximum atomic E-state index is 13.5. The van der Waals surface area contributed by atoms with Gasteiger partial charge in [0.05, 0.1) is 16.8 Å². The molecular formula is C12H7F3N4O3. The van der Waals surface area contributed by atoms with Gasteiger partial charge in [0.25, 0.3) is 5.69 Å². The Morgan fingerprint density at radius 3 is 2.45 bits per heavy atom. The molecule has 0 amide bonds. The van der Waals surface area contributed by atoms with E-state index in [-0.39, 0.29) is 11.4 Å². The smallest absolute Gasteiger partial charge is 0.387 e. The minimum Gasteiger partial charge on any atom is -0.433 e. The number of pyridine rings is 1. The quantitative estimate of drug-likeness (QED) is 0.471. The number of hydrogen-bond acceptors (Lipinski definition) is 6. The summed E-state index contributed by atoms with van der Waals surface area (Å²) in [5.41, 5.74) is 0.108. The minimum atomic E-state index is -3.09. The number of aromatic nitrogens is 1. The number of azo groups is 1. The highest BCUT2D eigenvalue weighted by molar-refractivity contribution is 5.44. The van der Waals surface area contributed by atoms with Crippen molar-refractivity contribution in [2.75, 3.05) is 0 Å². The van der Waals surface area contributed by atoms with Crippen LogP contribution < -0.4 is 4.74 Å². The lowest BCUT2D eigenvalue weighted by Crippen LogP contribution is -2.02. The second-order valence-electron chi connectivity index (χ2n) is 3.83. The van der Waals surface area contributed by atoms with Gasteiger partial charge in [-0.3, -0.25) is 10.1 Å². The Morgan fingerprint density at radius 1 is 1.23 bits per heavy atom. The second-order valence-corrected chi connectivity index (χ2v) is 3.83. The first-order valence-electron chi connectivity index (χ1n) is 5.72. The number of hydrogen-bond donors (Lipinski definition) is 0. The largest absolute Gasteiger partial charge is 0.433 e. The first kappa shape index (κ1) is 15.4. The molecule has 0 unspecified atom stereocenters. The average molecular weight is 312 g/mol. The molecule has 1 heterocycles. The van der Waals surface area contributed by atoms with E-state index >= 15 is 0 Å². The normalized spacial score (nSPS) is 11.1. The molecule has 0 aliphatic carbocycles. The van der Waals surface area contributed by atoms with Crippen molar-refractivity contribution in [1.29, 1.82) is 0 Å². The van der Waals surface area contributed by atoms with Gasteiger partial charge in [-0.2, -0.15) is 8.78 Å². The van der Waals surface area contributed by atoms with Crippen molar-refractivity contribution in [2.24, 2.45) is 10.2 Å². The summed E-state index contributed by atoms with van der Waals surface area (Å²) in [6.45, 7) is -3.09. The molecule has 0 aliphatic heterocycles. The highest BCUT2D eigenvalue weighted by Crippen LogP contribution is 2.24. The van der Waals surface area contributed by atoms with Crippen LogP contribution in [-0.2, 0) is 0 Å². The molecule has 0 N–H and O–H groups in total. The van der Waals surface area contributed by atoms with E-state index in [1.807, 2.05) is 0 Å². The van der Waals surface area contributed by atoms with E-state index in [0.717, 1.165) is 6.20 Å². The Kier molecular flexibility index (Phi) is 4.61. The molecule has 0 aliphatic rings. The highest BCUT2D eigenvalue weighted by atomic mass is 19.3. The summed E-state index contributed by atoms with van der Waals surface area (Å²) in [7, 11) is 0.